The summed E-state index contributed by atoms with van der Waals surface area (Å²) >= 11 is 2.10. The van der Waals surface area contributed by atoms with Crippen LogP contribution in [0.15, 0.2) is 96.6 Å². The third-order valence-corrected chi connectivity index (χ3v) is 9.18. The molecule has 2 fully saturated rings. The fraction of sp³-hybridized carbons (Fsp3) is 0.324. The Morgan fingerprint density at radius 1 is 0.955 bits per heavy atom. The summed E-state index contributed by atoms with van der Waals surface area (Å²) < 4.78 is 20.5. The van der Waals surface area contributed by atoms with Crippen molar-refractivity contribution in [3.05, 3.63) is 117 Å². The Balaban J connectivity index is 1.36. The number of benzene rings is 3. The lowest BCUT2D eigenvalue weighted by atomic mass is 9.91. The van der Waals surface area contributed by atoms with Crippen molar-refractivity contribution in [1.29, 1.82) is 0 Å². The number of carbonyl (C=O) groups is 3. The van der Waals surface area contributed by atoms with Crippen molar-refractivity contribution < 1.29 is 33.7 Å². The lowest BCUT2D eigenvalue weighted by Gasteiger charge is -2.33. The van der Waals surface area contributed by atoms with Crippen molar-refractivity contribution in [2.45, 2.75) is 49.4 Å². The summed E-state index contributed by atoms with van der Waals surface area (Å²) in [4.78, 5) is 41.9. The first kappa shape index (κ1) is 30.4. The summed E-state index contributed by atoms with van der Waals surface area (Å²) in [5.74, 6) is -2.43. The van der Waals surface area contributed by atoms with Crippen molar-refractivity contribution in [1.82, 2.24) is 10.2 Å². The van der Waals surface area contributed by atoms with E-state index >= 15 is 0 Å². The Labute approximate surface area is 269 Å². The summed E-state index contributed by atoms with van der Waals surface area (Å²) in [6, 6.07) is 25.7. The molecule has 228 valence electrons. The Bertz CT molecular complexity index is 1510. The van der Waals surface area contributed by atoms with Gasteiger partial charge in [-0.05, 0) is 53.6 Å². The Kier molecular flexibility index (Phi) is 9.13. The van der Waals surface area contributed by atoms with Crippen LogP contribution in [0.4, 0.5) is 0 Å². The number of hydrogen-bond donors (Lipinski definition) is 2. The second-order valence-electron chi connectivity index (χ2n) is 11.0. The minimum Gasteiger partial charge on any atom is -0.455 e. The number of hydrogen-bond acceptors (Lipinski definition) is 7. The molecule has 0 aromatic heterocycles. The van der Waals surface area contributed by atoms with Gasteiger partial charge in [-0.2, -0.15) is 0 Å². The van der Waals surface area contributed by atoms with Gasteiger partial charge in [0.25, 0.3) is 0 Å². The van der Waals surface area contributed by atoms with Gasteiger partial charge in [0.05, 0.1) is 12.2 Å². The van der Waals surface area contributed by atoms with Gasteiger partial charge in [-0.1, -0.05) is 72.8 Å². The topological polar surface area (TPSA) is 114 Å². The van der Waals surface area contributed by atoms with Crippen LogP contribution in [0.25, 0.3) is 0 Å². The molecule has 0 bridgehead atoms. The molecule has 2 heterocycles. The number of likely N-dealkylation sites (tertiary alicyclic amines) is 1. The average molecular weight is 709 g/mol. The van der Waals surface area contributed by atoms with Crippen molar-refractivity contribution in [3.63, 3.8) is 0 Å². The fourth-order valence-corrected chi connectivity index (χ4v) is 6.78. The molecule has 1 aliphatic carbocycles. The van der Waals surface area contributed by atoms with E-state index in [2.05, 4.69) is 27.9 Å². The first-order chi connectivity index (χ1) is 21.4. The van der Waals surface area contributed by atoms with Crippen LogP contribution < -0.4 is 5.32 Å². The maximum atomic E-state index is 14.0. The molecular formula is C34H33IN2O7. The van der Waals surface area contributed by atoms with Crippen LogP contribution >= 0.6 is 22.6 Å². The molecule has 9 nitrogen and oxygen atoms in total. The molecule has 44 heavy (non-hydrogen) atoms. The van der Waals surface area contributed by atoms with Crippen LogP contribution in [0.3, 0.4) is 0 Å². The van der Waals surface area contributed by atoms with Crippen LogP contribution in [0.1, 0.15) is 40.7 Å². The zero-order valence-electron chi connectivity index (χ0n) is 23.9. The third-order valence-electron chi connectivity index (χ3n) is 8.24. The first-order valence-electron chi connectivity index (χ1n) is 14.7. The molecule has 3 aliphatic rings. The lowest BCUT2D eigenvalue weighted by Crippen LogP contribution is -2.49. The van der Waals surface area contributed by atoms with Crippen molar-refractivity contribution in [3.8, 4) is 0 Å². The minimum atomic E-state index is -1.31. The molecule has 2 N–H and O–H groups in total. The number of amides is 2. The predicted molar refractivity (Wildman–Crippen MR) is 169 cm³/mol. The quantitative estimate of drug-likeness (QED) is 0.270. The van der Waals surface area contributed by atoms with Gasteiger partial charge in [0, 0.05) is 39.8 Å². The number of aliphatic hydroxyl groups excluding tert-OH is 1. The third kappa shape index (κ3) is 5.91. The van der Waals surface area contributed by atoms with E-state index in [0.717, 1.165) is 14.7 Å². The fourth-order valence-electron chi connectivity index (χ4n) is 6.17. The maximum absolute atomic E-state index is 14.0. The van der Waals surface area contributed by atoms with E-state index in [9.17, 15) is 14.4 Å². The monoisotopic (exact) mass is 708 g/mol. The van der Waals surface area contributed by atoms with Crippen LogP contribution in [-0.2, 0) is 29.6 Å². The number of halogens is 1. The van der Waals surface area contributed by atoms with Crippen LogP contribution in [0.5, 0.6) is 0 Å². The van der Waals surface area contributed by atoms with Gasteiger partial charge in [-0.3, -0.25) is 9.59 Å². The summed E-state index contributed by atoms with van der Waals surface area (Å²) in [6.07, 6.45) is 0.791. The number of esters is 1. The molecule has 6 rings (SSSR count). The van der Waals surface area contributed by atoms with E-state index in [4.69, 9.17) is 19.3 Å². The van der Waals surface area contributed by atoms with E-state index < -0.39 is 36.1 Å². The van der Waals surface area contributed by atoms with E-state index in [1.165, 1.54) is 0 Å². The number of carbonyl (C=O) groups excluding carboxylic acids is 3. The van der Waals surface area contributed by atoms with Gasteiger partial charge in [0.1, 0.15) is 24.4 Å². The molecule has 2 saturated heterocycles. The molecule has 3 aromatic rings. The van der Waals surface area contributed by atoms with E-state index in [1.54, 1.807) is 23.1 Å². The molecule has 0 radical (unpaired) electrons. The summed E-state index contributed by atoms with van der Waals surface area (Å²) in [7, 11) is 0. The Morgan fingerprint density at radius 2 is 1.61 bits per heavy atom. The SMILES string of the molecule is O=C(OC1CC(C(=O)N2CCCC2C(=O)NCCO)=CC2OC(c3ccccc3)(c3ccccc3)OC21)c1ccccc1I. The number of fused-ring (bicyclic) bond motifs is 1. The first-order valence-corrected chi connectivity index (χ1v) is 15.8. The predicted octanol–water partition coefficient (Wildman–Crippen LogP) is 3.93. The summed E-state index contributed by atoms with van der Waals surface area (Å²) in [5, 5.41) is 11.8. The Morgan fingerprint density at radius 3 is 2.27 bits per heavy atom. The number of rotatable bonds is 8. The number of nitrogens with zero attached hydrogens (tertiary/aromatic N) is 1. The minimum absolute atomic E-state index is 0.0969. The van der Waals surface area contributed by atoms with Gasteiger partial charge >= 0.3 is 5.97 Å². The average Bonchev–Trinajstić information content (AvgIpc) is 3.71. The summed E-state index contributed by atoms with van der Waals surface area (Å²) in [5.41, 5.74) is 2.35. The molecule has 4 unspecified atom stereocenters. The molecule has 2 aliphatic heterocycles. The molecule has 4 atom stereocenters. The number of aliphatic hydroxyl groups is 1. The van der Waals surface area contributed by atoms with Gasteiger partial charge < -0.3 is 29.5 Å². The standard InChI is InChI=1S/C34H33IN2O7/c35-26-15-8-7-14-25(26)33(41)42-28-20-22(32(40)37-18-9-16-27(37)31(39)36-17-19-38)21-29-30(28)44-34(43-29,23-10-3-1-4-11-23)24-12-5-2-6-13-24/h1-8,10-15,21,27-30,38H,9,16-20H2,(H,36,39). The molecule has 0 saturated carbocycles. The Hall–Kier alpha value is -3.58. The highest BCUT2D eigenvalue weighted by Crippen LogP contribution is 2.47. The number of ether oxygens (including phenoxy) is 3. The van der Waals surface area contributed by atoms with Gasteiger partial charge in [0.2, 0.25) is 17.6 Å². The number of nitrogens with one attached hydrogen (secondary N) is 1. The van der Waals surface area contributed by atoms with Gasteiger partial charge in [-0.25, -0.2) is 4.79 Å². The van der Waals surface area contributed by atoms with Crippen LogP contribution in [0, 0.1) is 3.57 Å². The van der Waals surface area contributed by atoms with E-state index in [-0.39, 0.29) is 31.4 Å². The highest BCUT2D eigenvalue weighted by Gasteiger charge is 2.55. The molecule has 10 heteroatoms. The van der Waals surface area contributed by atoms with Gasteiger partial charge in [-0.15, -0.1) is 0 Å². The smallest absolute Gasteiger partial charge is 0.339 e. The zero-order valence-corrected chi connectivity index (χ0v) is 26.1. The lowest BCUT2D eigenvalue weighted by molar-refractivity contribution is -0.157. The highest BCUT2D eigenvalue weighted by atomic mass is 127. The largest absolute Gasteiger partial charge is 0.455 e. The molecule has 0 spiro atoms. The van der Waals surface area contributed by atoms with Crippen molar-refractivity contribution >= 4 is 40.4 Å². The van der Waals surface area contributed by atoms with E-state index in [0.29, 0.717) is 30.5 Å². The molecule has 3 aromatic carbocycles. The highest BCUT2D eigenvalue weighted by molar-refractivity contribution is 14.1. The van der Waals surface area contributed by atoms with Crippen LogP contribution in [0.2, 0.25) is 0 Å². The molecule has 2 amide bonds. The second kappa shape index (κ2) is 13.2. The van der Waals surface area contributed by atoms with Gasteiger partial charge in [0.15, 0.2) is 0 Å². The van der Waals surface area contributed by atoms with Crippen LogP contribution in [-0.4, -0.2) is 71.8 Å². The summed E-state index contributed by atoms with van der Waals surface area (Å²) in [6.45, 7) is 0.353. The van der Waals surface area contributed by atoms with E-state index in [1.807, 2.05) is 72.8 Å². The zero-order chi connectivity index (χ0) is 30.7. The maximum Gasteiger partial charge on any atom is 0.339 e. The van der Waals surface area contributed by atoms with Crippen molar-refractivity contribution in [2.24, 2.45) is 0 Å². The van der Waals surface area contributed by atoms with Crippen molar-refractivity contribution in [2.75, 3.05) is 19.7 Å². The molecular weight excluding hydrogens is 675 g/mol. The second-order valence-corrected chi connectivity index (χ2v) is 12.2. The normalized spacial score (nSPS) is 23.9.